The van der Waals surface area contributed by atoms with Gasteiger partial charge in [0.15, 0.2) is 0 Å². The number of hydrogen-bond acceptors (Lipinski definition) is 5. The summed E-state index contributed by atoms with van der Waals surface area (Å²) < 4.78 is 12.6. The van der Waals surface area contributed by atoms with Crippen LogP contribution in [0, 0.1) is 0 Å². The predicted octanol–water partition coefficient (Wildman–Crippen LogP) is 5.99. The molecule has 0 aliphatic carbocycles. The Hall–Kier alpha value is -3.19. The second-order valence-corrected chi connectivity index (χ2v) is 11.7. The Morgan fingerprint density at radius 2 is 1.95 bits per heavy atom. The normalized spacial score (nSPS) is 18.5. The highest BCUT2D eigenvalue weighted by molar-refractivity contribution is 6.30. The van der Waals surface area contributed by atoms with E-state index in [4.69, 9.17) is 21.1 Å². The third-order valence-electron chi connectivity index (χ3n) is 8.52. The van der Waals surface area contributed by atoms with E-state index >= 15 is 0 Å². The van der Waals surface area contributed by atoms with Crippen molar-refractivity contribution in [1.82, 2.24) is 14.8 Å². The monoisotopic (exact) mass is 557 g/mol. The van der Waals surface area contributed by atoms with Crippen molar-refractivity contribution in [3.05, 3.63) is 99.3 Å². The predicted molar refractivity (Wildman–Crippen MR) is 157 cm³/mol. The number of ether oxygens (including phenoxy) is 2. The summed E-state index contributed by atoms with van der Waals surface area (Å²) in [7, 11) is 3.60. The van der Waals surface area contributed by atoms with Crippen LogP contribution in [0.5, 0.6) is 5.75 Å². The molecule has 1 spiro atoms. The lowest BCUT2D eigenvalue weighted by molar-refractivity contribution is -0.128. The van der Waals surface area contributed by atoms with E-state index in [0.29, 0.717) is 26.1 Å². The number of halogens is 1. The lowest BCUT2D eigenvalue weighted by Gasteiger charge is -2.39. The van der Waals surface area contributed by atoms with Crippen molar-refractivity contribution in [3.63, 3.8) is 0 Å². The van der Waals surface area contributed by atoms with Gasteiger partial charge in [-0.25, -0.2) is 0 Å². The molecule has 0 saturated carbocycles. The van der Waals surface area contributed by atoms with Gasteiger partial charge in [-0.05, 0) is 78.3 Å². The number of amides is 1. The summed E-state index contributed by atoms with van der Waals surface area (Å²) in [5.74, 6) is 0.999. The van der Waals surface area contributed by atoms with Crippen LogP contribution in [0.3, 0.4) is 0 Å². The molecule has 1 amide bonds. The number of carbonyl (C=O) groups excluding carboxylic acids is 1. The Labute approximate surface area is 241 Å². The summed E-state index contributed by atoms with van der Waals surface area (Å²) in [5.41, 5.74) is 7.83. The van der Waals surface area contributed by atoms with Gasteiger partial charge in [-0.15, -0.1) is 0 Å². The molecule has 3 aliphatic heterocycles. The first-order valence-corrected chi connectivity index (χ1v) is 14.6. The lowest BCUT2D eigenvalue weighted by atomic mass is 9.84. The molecule has 0 N–H and O–H groups in total. The number of benzene rings is 2. The molecule has 0 unspecified atom stereocenters. The fraction of sp³-hybridized carbons (Fsp3) is 0.394. The smallest absolute Gasteiger partial charge is 0.222 e. The maximum Gasteiger partial charge on any atom is 0.222 e. The van der Waals surface area contributed by atoms with Gasteiger partial charge in [0, 0.05) is 62.5 Å². The SMILES string of the molecule is CN(C)C(=O)CCc1ccc2c(c1)/C(=C/CCN1CCC3(CC1)OCc1cc(Cl)ccc13)c1cccnc1CO2. The maximum atomic E-state index is 12.2. The molecule has 1 fully saturated rings. The number of aromatic nitrogens is 1. The number of carbonyl (C=O) groups is 1. The van der Waals surface area contributed by atoms with Crippen molar-refractivity contribution in [1.29, 1.82) is 0 Å². The first-order chi connectivity index (χ1) is 19.4. The zero-order valence-corrected chi connectivity index (χ0v) is 24.0. The average molecular weight is 558 g/mol. The minimum absolute atomic E-state index is 0.134. The quantitative estimate of drug-likeness (QED) is 0.372. The molecule has 0 atom stereocenters. The van der Waals surface area contributed by atoms with E-state index in [9.17, 15) is 4.79 Å². The molecule has 3 aromatic rings. The first kappa shape index (κ1) is 27.0. The minimum Gasteiger partial charge on any atom is -0.487 e. The molecule has 4 heterocycles. The molecular weight excluding hydrogens is 522 g/mol. The summed E-state index contributed by atoms with van der Waals surface area (Å²) >= 11 is 6.22. The van der Waals surface area contributed by atoms with Crippen LogP contribution < -0.4 is 4.74 Å². The van der Waals surface area contributed by atoms with Crippen LogP contribution in [0.1, 0.15) is 59.2 Å². The van der Waals surface area contributed by atoms with Crippen LogP contribution in [0.4, 0.5) is 0 Å². The summed E-state index contributed by atoms with van der Waals surface area (Å²) in [4.78, 5) is 21.0. The third-order valence-corrected chi connectivity index (χ3v) is 8.76. The van der Waals surface area contributed by atoms with E-state index in [1.54, 1.807) is 19.0 Å². The maximum absolute atomic E-state index is 12.2. The molecule has 40 heavy (non-hydrogen) atoms. The highest BCUT2D eigenvalue weighted by atomic mass is 35.5. The fourth-order valence-electron chi connectivity index (χ4n) is 6.22. The number of nitrogens with zero attached hydrogens (tertiary/aromatic N) is 3. The Morgan fingerprint density at radius 1 is 1.10 bits per heavy atom. The van der Waals surface area contributed by atoms with E-state index in [1.807, 2.05) is 24.4 Å². The largest absolute Gasteiger partial charge is 0.487 e. The molecule has 2 aromatic carbocycles. The number of aryl methyl sites for hydroxylation is 1. The Balaban J connectivity index is 1.18. The van der Waals surface area contributed by atoms with E-state index in [2.05, 4.69) is 46.3 Å². The zero-order chi connectivity index (χ0) is 27.7. The molecule has 6 nitrogen and oxygen atoms in total. The molecule has 7 heteroatoms. The Bertz CT molecular complexity index is 1440. The van der Waals surface area contributed by atoms with Crippen LogP contribution in [0.2, 0.25) is 5.02 Å². The van der Waals surface area contributed by atoms with Crippen LogP contribution in [-0.4, -0.2) is 54.4 Å². The van der Waals surface area contributed by atoms with Crippen LogP contribution in [0.25, 0.3) is 5.57 Å². The van der Waals surface area contributed by atoms with Gasteiger partial charge >= 0.3 is 0 Å². The molecule has 6 rings (SSSR count). The number of hydrogen-bond donors (Lipinski definition) is 0. The standard InChI is InChI=1S/C33H36ClN3O3/c1-36(2)32(38)12-8-23-7-11-31-28(19-23)26(27-5-3-15-35-30(27)22-39-31)6-4-16-37-17-13-33(14-18-37)29-10-9-25(34)20-24(29)21-40-33/h3,5-7,9-11,15,19-20H,4,8,12-14,16-18,21-22H2,1-2H3/b26-6+. The van der Waals surface area contributed by atoms with E-state index < -0.39 is 0 Å². The van der Waals surface area contributed by atoms with Crippen molar-refractivity contribution in [2.24, 2.45) is 0 Å². The van der Waals surface area contributed by atoms with Crippen molar-refractivity contribution in [2.75, 3.05) is 33.7 Å². The third kappa shape index (κ3) is 5.40. The van der Waals surface area contributed by atoms with Gasteiger partial charge in [-0.1, -0.05) is 35.9 Å². The topological polar surface area (TPSA) is 54.9 Å². The van der Waals surface area contributed by atoms with Gasteiger partial charge in [-0.2, -0.15) is 0 Å². The van der Waals surface area contributed by atoms with Crippen molar-refractivity contribution in [3.8, 4) is 5.75 Å². The van der Waals surface area contributed by atoms with Gasteiger partial charge < -0.3 is 19.3 Å². The second-order valence-electron chi connectivity index (χ2n) is 11.2. The van der Waals surface area contributed by atoms with Crippen LogP contribution in [0.15, 0.2) is 60.8 Å². The van der Waals surface area contributed by atoms with Crippen molar-refractivity contribution >= 4 is 23.1 Å². The molecule has 1 saturated heterocycles. The van der Waals surface area contributed by atoms with Crippen molar-refractivity contribution < 1.29 is 14.3 Å². The highest BCUT2D eigenvalue weighted by Crippen LogP contribution is 2.45. The van der Waals surface area contributed by atoms with Crippen molar-refractivity contribution in [2.45, 2.75) is 50.9 Å². The number of fused-ring (bicyclic) bond motifs is 4. The lowest BCUT2D eigenvalue weighted by Crippen LogP contribution is -2.42. The highest BCUT2D eigenvalue weighted by Gasteiger charge is 2.42. The molecular formula is C33H36ClN3O3. The Morgan fingerprint density at radius 3 is 2.77 bits per heavy atom. The first-order valence-electron chi connectivity index (χ1n) is 14.2. The number of piperidine rings is 1. The van der Waals surface area contributed by atoms with E-state index in [1.165, 1.54) is 11.1 Å². The Kier molecular flexibility index (Phi) is 7.67. The summed E-state index contributed by atoms with van der Waals surface area (Å²) in [6, 6.07) is 16.6. The van der Waals surface area contributed by atoms with E-state index in [0.717, 1.165) is 77.6 Å². The average Bonchev–Trinajstić information content (AvgIpc) is 3.22. The van der Waals surface area contributed by atoms with Gasteiger partial charge in [0.05, 0.1) is 17.9 Å². The minimum atomic E-state index is -0.165. The fourth-order valence-corrected chi connectivity index (χ4v) is 6.41. The summed E-state index contributed by atoms with van der Waals surface area (Å²) in [5, 5.41) is 0.779. The van der Waals surface area contributed by atoms with Gasteiger partial charge in [-0.3, -0.25) is 9.78 Å². The molecule has 208 valence electrons. The number of pyridine rings is 1. The van der Waals surface area contributed by atoms with Crippen LogP contribution >= 0.6 is 11.6 Å². The molecule has 1 aromatic heterocycles. The summed E-state index contributed by atoms with van der Waals surface area (Å²) in [6.45, 7) is 4.10. The molecule has 0 radical (unpaired) electrons. The van der Waals surface area contributed by atoms with Gasteiger partial charge in [0.25, 0.3) is 0 Å². The van der Waals surface area contributed by atoms with Gasteiger partial charge in [0.2, 0.25) is 5.91 Å². The number of rotatable bonds is 6. The molecule has 3 aliphatic rings. The number of likely N-dealkylation sites (tertiary alicyclic amines) is 1. The van der Waals surface area contributed by atoms with E-state index in [-0.39, 0.29) is 11.5 Å². The van der Waals surface area contributed by atoms with Crippen LogP contribution in [-0.2, 0) is 34.8 Å². The molecule has 0 bridgehead atoms. The second kappa shape index (κ2) is 11.4. The van der Waals surface area contributed by atoms with Gasteiger partial charge in [0.1, 0.15) is 12.4 Å². The zero-order valence-electron chi connectivity index (χ0n) is 23.3. The summed E-state index contributed by atoms with van der Waals surface area (Å²) in [6.07, 6.45) is 8.27.